The number of carbonyl (C=O) groups is 1. The molecule has 1 aliphatic rings. The predicted octanol–water partition coefficient (Wildman–Crippen LogP) is 1.79. The fourth-order valence-electron chi connectivity index (χ4n) is 1.24. The lowest BCUT2D eigenvalue weighted by Crippen LogP contribution is -2.52. The first-order valence-corrected chi connectivity index (χ1v) is 4.90. The van der Waals surface area contributed by atoms with Gasteiger partial charge in [-0.25, -0.2) is 13.6 Å². The summed E-state index contributed by atoms with van der Waals surface area (Å²) in [6.07, 6.45) is 3.05. The molecule has 5 heteroatoms. The van der Waals surface area contributed by atoms with E-state index in [2.05, 4.69) is 0 Å². The van der Waals surface area contributed by atoms with Gasteiger partial charge >= 0.3 is 5.97 Å². The van der Waals surface area contributed by atoms with Crippen LogP contribution in [0.4, 0.5) is 8.78 Å². The van der Waals surface area contributed by atoms with Crippen LogP contribution in [-0.2, 0) is 9.53 Å². The second-order valence-electron chi connectivity index (χ2n) is 4.66. The molecule has 0 aromatic heterocycles. The highest BCUT2D eigenvalue weighted by Crippen LogP contribution is 2.29. The number of hydrogen-bond donors (Lipinski definition) is 1. The Morgan fingerprint density at radius 3 is 2.62 bits per heavy atom. The lowest BCUT2D eigenvalue weighted by molar-refractivity contribution is -0.167. The summed E-state index contributed by atoms with van der Waals surface area (Å²) < 4.78 is 32.1. The fraction of sp³-hybridized carbons (Fsp3) is 0.545. The van der Waals surface area contributed by atoms with Gasteiger partial charge in [0.05, 0.1) is 0 Å². The topological polar surface area (TPSA) is 52.3 Å². The molecule has 1 rings (SSSR count). The van der Waals surface area contributed by atoms with Crippen molar-refractivity contribution in [2.45, 2.75) is 38.1 Å². The number of carbonyl (C=O) groups excluding carboxylic acids is 1. The van der Waals surface area contributed by atoms with Crippen LogP contribution in [0.3, 0.4) is 0 Å². The summed E-state index contributed by atoms with van der Waals surface area (Å²) in [5, 5.41) is 0. The van der Waals surface area contributed by atoms with Gasteiger partial charge in [-0.3, -0.25) is 0 Å². The van der Waals surface area contributed by atoms with E-state index in [4.69, 9.17) is 10.5 Å². The first-order valence-electron chi connectivity index (χ1n) is 4.90. The van der Waals surface area contributed by atoms with E-state index < -0.39 is 29.1 Å². The Kier molecular flexibility index (Phi) is 3.19. The molecule has 0 aliphatic heterocycles. The summed E-state index contributed by atoms with van der Waals surface area (Å²) in [6.45, 7) is 4.79. The third kappa shape index (κ3) is 2.47. The molecule has 1 aliphatic carbocycles. The molecule has 3 nitrogen and oxygen atoms in total. The van der Waals surface area contributed by atoms with Crippen molar-refractivity contribution in [3.05, 3.63) is 24.1 Å². The zero-order valence-electron chi connectivity index (χ0n) is 9.46. The Hall–Kier alpha value is -1.23. The SMILES string of the molecule is CC(C)(C)OC(=O)C1(F)C=CC=C(F)C1N. The molecule has 0 fully saturated rings. The van der Waals surface area contributed by atoms with E-state index in [1.54, 1.807) is 20.8 Å². The standard InChI is InChI=1S/C11H15F2NO2/c1-10(2,3)16-9(15)11(13)6-4-5-7(12)8(11)14/h4-6,8H,14H2,1-3H3. The molecule has 0 aromatic rings. The number of rotatable bonds is 1. The van der Waals surface area contributed by atoms with Gasteiger partial charge in [0.25, 0.3) is 0 Å². The third-order valence-electron chi connectivity index (χ3n) is 2.06. The lowest BCUT2D eigenvalue weighted by Gasteiger charge is -2.30. The summed E-state index contributed by atoms with van der Waals surface area (Å²) in [4.78, 5) is 11.6. The molecule has 0 saturated heterocycles. The van der Waals surface area contributed by atoms with E-state index in [9.17, 15) is 13.6 Å². The Morgan fingerprint density at radius 2 is 2.12 bits per heavy atom. The number of alkyl halides is 1. The Balaban J connectivity index is 2.91. The van der Waals surface area contributed by atoms with Crippen molar-refractivity contribution in [2.75, 3.05) is 0 Å². The van der Waals surface area contributed by atoms with Gasteiger partial charge in [-0.2, -0.15) is 0 Å². The second-order valence-corrected chi connectivity index (χ2v) is 4.66. The van der Waals surface area contributed by atoms with Gasteiger partial charge < -0.3 is 10.5 Å². The minimum Gasteiger partial charge on any atom is -0.457 e. The van der Waals surface area contributed by atoms with Crippen LogP contribution in [0.2, 0.25) is 0 Å². The molecule has 16 heavy (non-hydrogen) atoms. The average molecular weight is 231 g/mol. The third-order valence-corrected chi connectivity index (χ3v) is 2.06. The molecule has 2 unspecified atom stereocenters. The number of ether oxygens (including phenoxy) is 1. The maximum Gasteiger partial charge on any atom is 0.350 e. The fourth-order valence-corrected chi connectivity index (χ4v) is 1.24. The highest BCUT2D eigenvalue weighted by molar-refractivity contribution is 5.84. The number of esters is 1. The molecule has 2 atom stereocenters. The first-order chi connectivity index (χ1) is 7.17. The summed E-state index contributed by atoms with van der Waals surface area (Å²) in [7, 11) is 0. The molecule has 0 spiro atoms. The van der Waals surface area contributed by atoms with Gasteiger partial charge in [-0.1, -0.05) is 6.08 Å². The van der Waals surface area contributed by atoms with Crippen LogP contribution >= 0.6 is 0 Å². The van der Waals surface area contributed by atoms with E-state index in [1.165, 1.54) is 0 Å². The van der Waals surface area contributed by atoms with E-state index in [1.807, 2.05) is 0 Å². The van der Waals surface area contributed by atoms with Crippen molar-refractivity contribution >= 4 is 5.97 Å². The van der Waals surface area contributed by atoms with Crippen molar-refractivity contribution in [1.29, 1.82) is 0 Å². The Labute approximate surface area is 92.9 Å². The molecular formula is C11H15F2NO2. The quantitative estimate of drug-likeness (QED) is 0.700. The number of allylic oxidation sites excluding steroid dienone is 2. The molecule has 0 aromatic carbocycles. The monoisotopic (exact) mass is 231 g/mol. The van der Waals surface area contributed by atoms with Crippen LogP contribution in [0.25, 0.3) is 0 Å². The molecule has 0 radical (unpaired) electrons. The number of hydrogen-bond acceptors (Lipinski definition) is 3. The summed E-state index contributed by atoms with van der Waals surface area (Å²) in [5.74, 6) is -2.05. The minimum atomic E-state index is -2.63. The molecular weight excluding hydrogens is 216 g/mol. The number of halogens is 2. The van der Waals surface area contributed by atoms with Crippen LogP contribution in [0.5, 0.6) is 0 Å². The summed E-state index contributed by atoms with van der Waals surface area (Å²) >= 11 is 0. The van der Waals surface area contributed by atoms with Crippen LogP contribution in [-0.4, -0.2) is 23.3 Å². The molecule has 0 bridgehead atoms. The molecule has 90 valence electrons. The maximum absolute atomic E-state index is 14.2. The van der Waals surface area contributed by atoms with Gasteiger partial charge in [0.2, 0.25) is 5.67 Å². The molecule has 0 amide bonds. The molecule has 2 N–H and O–H groups in total. The van der Waals surface area contributed by atoms with Crippen molar-refractivity contribution in [3.8, 4) is 0 Å². The normalized spacial score (nSPS) is 29.9. The highest BCUT2D eigenvalue weighted by Gasteiger charge is 2.48. The van der Waals surface area contributed by atoms with Crippen LogP contribution in [0.15, 0.2) is 24.1 Å². The maximum atomic E-state index is 14.2. The smallest absolute Gasteiger partial charge is 0.350 e. The van der Waals surface area contributed by atoms with E-state index in [0.717, 1.165) is 18.2 Å². The molecule has 0 heterocycles. The van der Waals surface area contributed by atoms with Crippen molar-refractivity contribution < 1.29 is 18.3 Å². The van der Waals surface area contributed by atoms with Crippen LogP contribution in [0, 0.1) is 0 Å². The van der Waals surface area contributed by atoms with Gasteiger partial charge in [0.15, 0.2) is 0 Å². The van der Waals surface area contributed by atoms with Crippen molar-refractivity contribution in [1.82, 2.24) is 0 Å². The number of nitrogens with two attached hydrogens (primary N) is 1. The Morgan fingerprint density at radius 1 is 1.56 bits per heavy atom. The molecule has 0 saturated carbocycles. The zero-order valence-corrected chi connectivity index (χ0v) is 9.46. The summed E-state index contributed by atoms with van der Waals surface area (Å²) in [5.41, 5.74) is 1.83. The van der Waals surface area contributed by atoms with Gasteiger partial charge in [-0.05, 0) is 32.9 Å². The van der Waals surface area contributed by atoms with Crippen LogP contribution < -0.4 is 5.73 Å². The zero-order chi connectivity index (χ0) is 12.6. The highest BCUT2D eigenvalue weighted by atomic mass is 19.2. The van der Waals surface area contributed by atoms with Crippen molar-refractivity contribution in [3.63, 3.8) is 0 Å². The van der Waals surface area contributed by atoms with E-state index in [-0.39, 0.29) is 0 Å². The van der Waals surface area contributed by atoms with Crippen molar-refractivity contribution in [2.24, 2.45) is 5.73 Å². The van der Waals surface area contributed by atoms with Crippen LogP contribution in [0.1, 0.15) is 20.8 Å². The minimum absolute atomic E-state index is 0.846. The summed E-state index contributed by atoms with van der Waals surface area (Å²) in [6, 6.07) is -1.65. The van der Waals surface area contributed by atoms with Gasteiger partial charge in [-0.15, -0.1) is 0 Å². The van der Waals surface area contributed by atoms with E-state index in [0.29, 0.717) is 0 Å². The largest absolute Gasteiger partial charge is 0.457 e. The average Bonchev–Trinajstić information content (AvgIpc) is 2.11. The van der Waals surface area contributed by atoms with Gasteiger partial charge in [0, 0.05) is 0 Å². The Bertz CT molecular complexity index is 357. The second kappa shape index (κ2) is 3.97. The first kappa shape index (κ1) is 12.8. The van der Waals surface area contributed by atoms with E-state index >= 15 is 0 Å². The van der Waals surface area contributed by atoms with Gasteiger partial charge in [0.1, 0.15) is 17.5 Å². The lowest BCUT2D eigenvalue weighted by atomic mass is 9.91. The predicted molar refractivity (Wildman–Crippen MR) is 56.0 cm³/mol.